The van der Waals surface area contributed by atoms with E-state index in [2.05, 4.69) is 13.7 Å². The van der Waals surface area contributed by atoms with E-state index < -0.39 is 92.0 Å². The topological polar surface area (TPSA) is 155 Å². The SMILES string of the molecule is COC(=O)C1(NC(=O)OC(C)(C)C)CC(OS(=O)(=O)C(F)(F)C(F)(F)OC(F)(F)C(F)(F)CC(I)CCCCCCCCC(=O)O)C1. The lowest BCUT2D eigenvalue weighted by atomic mass is 9.74. The first-order valence-corrected chi connectivity index (χ1v) is 16.9. The number of hydrogen-bond donors (Lipinski definition) is 2. The van der Waals surface area contributed by atoms with Crippen LogP contribution in [0.1, 0.15) is 91.4 Å². The van der Waals surface area contributed by atoms with Gasteiger partial charge in [-0.1, -0.05) is 54.7 Å². The third kappa shape index (κ3) is 12.3. The van der Waals surface area contributed by atoms with Crippen LogP contribution in [0, 0.1) is 0 Å². The Balaban J connectivity index is 2.84. The maximum atomic E-state index is 14.5. The molecule has 1 atom stereocenters. The molecule has 47 heavy (non-hydrogen) atoms. The predicted octanol–water partition coefficient (Wildman–Crippen LogP) is 6.76. The van der Waals surface area contributed by atoms with Gasteiger partial charge in [0.05, 0.1) is 13.2 Å². The molecule has 21 heteroatoms. The monoisotopic (exact) mass is 835 g/mol. The van der Waals surface area contributed by atoms with Gasteiger partial charge in [0, 0.05) is 29.6 Å². The fourth-order valence-corrected chi connectivity index (χ4v) is 6.27. The van der Waals surface area contributed by atoms with E-state index in [1.54, 1.807) is 0 Å². The highest BCUT2D eigenvalue weighted by Gasteiger charge is 2.75. The van der Waals surface area contributed by atoms with Crippen LogP contribution < -0.4 is 5.32 Å². The number of unbranched alkanes of at least 4 members (excludes halogenated alkanes) is 5. The molecule has 1 fully saturated rings. The number of ether oxygens (including phenoxy) is 3. The number of esters is 1. The van der Waals surface area contributed by atoms with Crippen LogP contribution in [-0.4, -0.2) is 83.2 Å². The van der Waals surface area contributed by atoms with Crippen LogP contribution in [0.5, 0.6) is 0 Å². The minimum atomic E-state index is -6.90. The first-order chi connectivity index (χ1) is 21.1. The van der Waals surface area contributed by atoms with Crippen molar-refractivity contribution in [3.8, 4) is 0 Å². The second-order valence-electron chi connectivity index (χ2n) is 12.0. The van der Waals surface area contributed by atoms with Gasteiger partial charge in [0.15, 0.2) is 0 Å². The number of carbonyl (C=O) groups is 3. The number of alkyl carbamates (subject to hydrolysis) is 1. The Morgan fingerprint density at radius 3 is 1.91 bits per heavy atom. The lowest BCUT2D eigenvalue weighted by Crippen LogP contribution is -2.66. The highest BCUT2D eigenvalue weighted by molar-refractivity contribution is 14.1. The Morgan fingerprint density at radius 1 is 0.915 bits per heavy atom. The van der Waals surface area contributed by atoms with Gasteiger partial charge in [-0.25, -0.2) is 14.3 Å². The Kier molecular flexibility index (Phi) is 15.0. The second-order valence-corrected chi connectivity index (χ2v) is 15.4. The quantitative estimate of drug-likeness (QED) is 0.0336. The van der Waals surface area contributed by atoms with Gasteiger partial charge in [0.2, 0.25) is 0 Å². The minimum absolute atomic E-state index is 0.0155. The summed E-state index contributed by atoms with van der Waals surface area (Å²) in [5.41, 5.74) is -3.18. The number of amides is 1. The van der Waals surface area contributed by atoms with Crippen LogP contribution >= 0.6 is 22.6 Å². The van der Waals surface area contributed by atoms with Gasteiger partial charge < -0.3 is 19.9 Å². The number of carboxylic acid groups (broad SMARTS) is 1. The van der Waals surface area contributed by atoms with Crippen LogP contribution in [-0.2, 0) is 38.1 Å². The van der Waals surface area contributed by atoms with Crippen molar-refractivity contribution in [1.29, 1.82) is 0 Å². The lowest BCUT2D eigenvalue weighted by molar-refractivity contribution is -0.456. The van der Waals surface area contributed by atoms with Crippen molar-refractivity contribution in [1.82, 2.24) is 5.32 Å². The molecule has 0 saturated heterocycles. The standard InChI is InChI=1S/C26H38F8INO10S/c1-21(2,3)44-20(40)36-22(19(39)43-4)14-17(15-22)45-47(41,42)26(33,34)25(31,32)46-24(29,30)23(27,28)13-16(35)11-9-7-5-6-8-10-12-18(37)38/h16-17H,5-15H2,1-4H3,(H,36,40)(H,37,38). The Hall–Kier alpha value is -1.75. The molecule has 0 aromatic carbocycles. The van der Waals surface area contributed by atoms with Gasteiger partial charge in [-0.2, -0.15) is 43.5 Å². The smallest absolute Gasteiger partial charge is 0.460 e. The fourth-order valence-electron chi connectivity index (χ4n) is 4.33. The van der Waals surface area contributed by atoms with E-state index in [1.165, 1.54) is 43.4 Å². The second kappa shape index (κ2) is 16.3. The average molecular weight is 836 g/mol. The molecule has 1 saturated carbocycles. The summed E-state index contributed by atoms with van der Waals surface area (Å²) in [6.07, 6.45) is -17.0. The zero-order valence-corrected chi connectivity index (χ0v) is 28.8. The third-order valence-electron chi connectivity index (χ3n) is 6.70. The molecular weight excluding hydrogens is 797 g/mol. The molecule has 0 spiro atoms. The molecule has 0 bridgehead atoms. The summed E-state index contributed by atoms with van der Waals surface area (Å²) in [4.78, 5) is 34.7. The van der Waals surface area contributed by atoms with Crippen LogP contribution in [0.4, 0.5) is 39.9 Å². The van der Waals surface area contributed by atoms with E-state index >= 15 is 0 Å². The molecule has 2 N–H and O–H groups in total. The Bertz CT molecular complexity index is 1190. The fraction of sp³-hybridized carbons (Fsp3) is 0.885. The molecule has 1 unspecified atom stereocenters. The van der Waals surface area contributed by atoms with Crippen LogP contribution in [0.2, 0.25) is 0 Å². The summed E-state index contributed by atoms with van der Waals surface area (Å²) in [5, 5.41) is 3.98. The van der Waals surface area contributed by atoms with E-state index in [-0.39, 0.29) is 19.3 Å². The van der Waals surface area contributed by atoms with Crippen LogP contribution in [0.15, 0.2) is 0 Å². The molecular formula is C26H38F8INO10S. The number of hydrogen-bond acceptors (Lipinski definition) is 9. The molecule has 276 valence electrons. The summed E-state index contributed by atoms with van der Waals surface area (Å²) in [5.74, 6) is -7.62. The van der Waals surface area contributed by atoms with Crippen molar-refractivity contribution < 1.29 is 81.4 Å². The molecule has 0 aromatic rings. The highest BCUT2D eigenvalue weighted by Crippen LogP contribution is 2.50. The number of carbonyl (C=O) groups excluding carboxylic acids is 2. The van der Waals surface area contributed by atoms with E-state index in [1.807, 2.05) is 5.32 Å². The Morgan fingerprint density at radius 2 is 1.43 bits per heavy atom. The number of aliphatic carboxylic acids is 1. The minimum Gasteiger partial charge on any atom is -0.481 e. The number of nitrogens with one attached hydrogen (secondary N) is 1. The number of rotatable bonds is 20. The van der Waals surface area contributed by atoms with E-state index in [0.29, 0.717) is 32.1 Å². The predicted molar refractivity (Wildman–Crippen MR) is 155 cm³/mol. The number of alkyl halides is 9. The number of methoxy groups -OCH3 is 1. The van der Waals surface area contributed by atoms with Crippen molar-refractivity contribution in [2.75, 3.05) is 7.11 Å². The molecule has 1 aliphatic carbocycles. The van der Waals surface area contributed by atoms with Gasteiger partial charge in [-0.15, -0.1) is 0 Å². The average Bonchev–Trinajstić information content (AvgIpc) is 2.85. The summed E-state index contributed by atoms with van der Waals surface area (Å²) in [6, 6.07) is 0. The van der Waals surface area contributed by atoms with Crippen LogP contribution in [0.25, 0.3) is 0 Å². The Labute approximate surface area is 280 Å². The maximum absolute atomic E-state index is 14.5. The summed E-state index contributed by atoms with van der Waals surface area (Å²) in [6.45, 7) is 4.33. The molecule has 1 amide bonds. The molecule has 1 rings (SSSR count). The molecule has 0 aromatic heterocycles. The summed E-state index contributed by atoms with van der Waals surface area (Å²) >= 11 is 1.35. The van der Waals surface area contributed by atoms with Crippen molar-refractivity contribution in [2.45, 2.75) is 136 Å². The van der Waals surface area contributed by atoms with E-state index in [4.69, 9.17) is 9.84 Å². The van der Waals surface area contributed by atoms with E-state index in [9.17, 15) is 57.9 Å². The summed E-state index contributed by atoms with van der Waals surface area (Å²) < 4.78 is 154. The molecule has 0 radical (unpaired) electrons. The molecule has 11 nitrogen and oxygen atoms in total. The number of carboxylic acids is 1. The molecule has 0 aliphatic heterocycles. The number of halogens is 9. The highest BCUT2D eigenvalue weighted by atomic mass is 127. The van der Waals surface area contributed by atoms with Crippen molar-refractivity contribution in [3.63, 3.8) is 0 Å². The molecule has 0 heterocycles. The van der Waals surface area contributed by atoms with Gasteiger partial charge in [-0.05, 0) is 33.6 Å². The van der Waals surface area contributed by atoms with Crippen molar-refractivity contribution in [3.05, 3.63) is 0 Å². The zero-order valence-electron chi connectivity index (χ0n) is 25.9. The first-order valence-electron chi connectivity index (χ1n) is 14.2. The maximum Gasteiger partial charge on any atom is 0.460 e. The molecule has 1 aliphatic rings. The third-order valence-corrected chi connectivity index (χ3v) is 9.16. The normalized spacial score (nSPS) is 20.2. The van der Waals surface area contributed by atoms with Crippen molar-refractivity contribution >= 4 is 50.7 Å². The van der Waals surface area contributed by atoms with Gasteiger partial charge in [-0.3, -0.25) is 8.98 Å². The summed E-state index contributed by atoms with van der Waals surface area (Å²) in [7, 11) is -6.05. The largest absolute Gasteiger partial charge is 0.481 e. The van der Waals surface area contributed by atoms with Crippen molar-refractivity contribution in [2.24, 2.45) is 0 Å². The lowest BCUT2D eigenvalue weighted by Gasteiger charge is -2.44. The van der Waals surface area contributed by atoms with E-state index in [0.717, 1.165) is 7.11 Å². The van der Waals surface area contributed by atoms with Gasteiger partial charge in [0.1, 0.15) is 11.1 Å². The first kappa shape index (κ1) is 43.3. The van der Waals surface area contributed by atoms with Gasteiger partial charge >= 0.3 is 51.5 Å². The van der Waals surface area contributed by atoms with Gasteiger partial charge in [0.25, 0.3) is 0 Å². The zero-order chi connectivity index (χ0) is 36.7. The van der Waals surface area contributed by atoms with Crippen LogP contribution in [0.3, 0.4) is 0 Å².